The molecule has 0 bridgehead atoms. The smallest absolute Gasteiger partial charge is 0.306 e. The van der Waals surface area contributed by atoms with Gasteiger partial charge in [0, 0.05) is 19.3 Å². The van der Waals surface area contributed by atoms with Crippen LogP contribution in [0.4, 0.5) is 0 Å². The van der Waals surface area contributed by atoms with Gasteiger partial charge in [-0.25, -0.2) is 0 Å². The van der Waals surface area contributed by atoms with Gasteiger partial charge in [0.2, 0.25) is 0 Å². The van der Waals surface area contributed by atoms with Crippen molar-refractivity contribution in [2.45, 2.75) is 200 Å². The number of carbonyl (C=O) groups is 3. The lowest BCUT2D eigenvalue weighted by Crippen LogP contribution is -2.30. The Morgan fingerprint density at radius 3 is 1.23 bits per heavy atom. The van der Waals surface area contributed by atoms with Crippen LogP contribution in [0.1, 0.15) is 194 Å². The van der Waals surface area contributed by atoms with Crippen LogP contribution < -0.4 is 0 Å². The van der Waals surface area contributed by atoms with Crippen molar-refractivity contribution >= 4 is 17.9 Å². The molecule has 0 radical (unpaired) electrons. The van der Waals surface area contributed by atoms with E-state index in [1.165, 1.54) is 51.4 Å². The van der Waals surface area contributed by atoms with Gasteiger partial charge in [-0.15, -0.1) is 0 Å². The van der Waals surface area contributed by atoms with Gasteiger partial charge in [0.25, 0.3) is 0 Å². The fourth-order valence-corrected chi connectivity index (χ4v) is 6.37. The zero-order valence-electron chi connectivity index (χ0n) is 41.9. The second-order valence-electron chi connectivity index (χ2n) is 16.4. The van der Waals surface area contributed by atoms with Gasteiger partial charge >= 0.3 is 17.9 Å². The van der Waals surface area contributed by atoms with E-state index in [-0.39, 0.29) is 50.4 Å². The number of hydrogen-bond donors (Lipinski definition) is 0. The summed E-state index contributed by atoms with van der Waals surface area (Å²) in [6.07, 6.45) is 75.7. The highest BCUT2D eigenvalue weighted by Crippen LogP contribution is 2.12. The second kappa shape index (κ2) is 52.9. The molecular weight excluding hydrogens is 817 g/mol. The van der Waals surface area contributed by atoms with Gasteiger partial charge in [-0.3, -0.25) is 14.4 Å². The van der Waals surface area contributed by atoms with Gasteiger partial charge in [0.05, 0.1) is 0 Å². The van der Waals surface area contributed by atoms with Crippen molar-refractivity contribution in [1.29, 1.82) is 0 Å². The van der Waals surface area contributed by atoms with Gasteiger partial charge in [-0.05, 0) is 96.3 Å². The minimum Gasteiger partial charge on any atom is -0.462 e. The SMILES string of the molecule is CC\C=C/C=C\C=C/C=C\C=C/CCCC(=O)OCC(COC(=O)CC/C=C\C/C=C\C/C=C\C/C=C\C/C=C\C/C=C\CC)OC(=O)CCCCCCC/C=C\CCCCCCCCC. The number of unbranched alkanes of at least 4 members (excludes halogenated alkanes) is 13. The van der Waals surface area contributed by atoms with Crippen LogP contribution in [0, 0.1) is 0 Å². The van der Waals surface area contributed by atoms with E-state index < -0.39 is 6.10 Å². The molecule has 0 saturated carbocycles. The van der Waals surface area contributed by atoms with Crippen LogP contribution in [0.25, 0.3) is 0 Å². The Kier molecular flexibility index (Phi) is 49.1. The van der Waals surface area contributed by atoms with Crippen LogP contribution in [0.2, 0.25) is 0 Å². The van der Waals surface area contributed by atoms with Crippen LogP contribution in [-0.2, 0) is 28.6 Å². The molecule has 6 heteroatoms. The van der Waals surface area contributed by atoms with Crippen LogP contribution >= 0.6 is 0 Å². The van der Waals surface area contributed by atoms with E-state index in [1.54, 1.807) is 0 Å². The van der Waals surface area contributed by atoms with Gasteiger partial charge in [-0.1, -0.05) is 224 Å². The number of carbonyl (C=O) groups excluding carboxylic acids is 3. The molecule has 0 spiro atoms. The Labute approximate surface area is 404 Å². The third-order valence-corrected chi connectivity index (χ3v) is 10.2. The number of ether oxygens (including phenoxy) is 3. The molecule has 0 aromatic carbocycles. The van der Waals surface area contributed by atoms with Gasteiger partial charge in [0.1, 0.15) is 13.2 Å². The molecule has 1 atom stereocenters. The number of rotatable bonds is 44. The highest BCUT2D eigenvalue weighted by molar-refractivity contribution is 5.71. The average molecular weight is 909 g/mol. The Hall–Kier alpha value is -4.71. The first-order valence-electron chi connectivity index (χ1n) is 25.9. The molecule has 0 fully saturated rings. The summed E-state index contributed by atoms with van der Waals surface area (Å²) in [7, 11) is 0. The summed E-state index contributed by atoms with van der Waals surface area (Å²) in [4.78, 5) is 37.9. The lowest BCUT2D eigenvalue weighted by Gasteiger charge is -2.18. The molecule has 66 heavy (non-hydrogen) atoms. The summed E-state index contributed by atoms with van der Waals surface area (Å²) >= 11 is 0. The fraction of sp³-hybridized carbons (Fsp3) is 0.550. The Morgan fingerprint density at radius 1 is 0.333 bits per heavy atom. The number of esters is 3. The molecule has 0 rings (SSSR count). The van der Waals surface area contributed by atoms with Crippen molar-refractivity contribution in [2.24, 2.45) is 0 Å². The van der Waals surface area contributed by atoms with E-state index in [2.05, 4.69) is 99.8 Å². The van der Waals surface area contributed by atoms with E-state index in [0.717, 1.165) is 89.9 Å². The molecule has 6 nitrogen and oxygen atoms in total. The molecule has 368 valence electrons. The van der Waals surface area contributed by atoms with Crippen molar-refractivity contribution in [3.63, 3.8) is 0 Å². The van der Waals surface area contributed by atoms with Crippen LogP contribution in [-0.4, -0.2) is 37.2 Å². The Morgan fingerprint density at radius 2 is 0.712 bits per heavy atom. The molecule has 1 unspecified atom stereocenters. The van der Waals surface area contributed by atoms with Crippen LogP contribution in [0.5, 0.6) is 0 Å². The van der Waals surface area contributed by atoms with E-state index in [1.807, 2.05) is 66.8 Å². The third kappa shape index (κ3) is 50.3. The molecule has 0 aliphatic rings. The van der Waals surface area contributed by atoms with Gasteiger partial charge in [0.15, 0.2) is 6.10 Å². The minimum atomic E-state index is -0.847. The normalized spacial score (nSPS) is 13.3. The maximum Gasteiger partial charge on any atom is 0.306 e. The van der Waals surface area contributed by atoms with Crippen LogP contribution in [0.3, 0.4) is 0 Å². The van der Waals surface area contributed by atoms with Crippen molar-refractivity contribution in [1.82, 2.24) is 0 Å². The summed E-state index contributed by atoms with van der Waals surface area (Å²) in [5.41, 5.74) is 0. The molecule has 0 amide bonds. The molecule has 0 saturated heterocycles. The lowest BCUT2D eigenvalue weighted by molar-refractivity contribution is -0.166. The first-order chi connectivity index (χ1) is 32.5. The first kappa shape index (κ1) is 61.3. The highest BCUT2D eigenvalue weighted by atomic mass is 16.6. The fourth-order valence-electron chi connectivity index (χ4n) is 6.37. The third-order valence-electron chi connectivity index (χ3n) is 10.2. The monoisotopic (exact) mass is 909 g/mol. The topological polar surface area (TPSA) is 78.9 Å². The molecule has 0 aromatic rings. The standard InChI is InChI=1S/C60H92O6/c1-4-7-10-13-16-19-22-25-27-29-30-31-33-35-38-41-44-47-50-53-59(62)65-56-57(55-64-58(61)52-49-46-43-40-37-34-24-21-18-15-12-9-6-3)66-60(63)54-51-48-45-42-39-36-32-28-26-23-20-17-14-11-8-5-2/h7,9-10,12,15-16,18-19,21,24-25,27-28,30-32,34-35,37-38,40,43-44,47,57H,4-6,8,11,13-14,17,20,22-23,26,29,33,36,39,41-42,45-46,48-56H2,1-3H3/b10-7-,12-9-,18-15-,19-16-,24-21-,27-25-,31-30-,32-28-,37-34-,38-35-,43-40-,47-44-. The molecule has 0 heterocycles. The second-order valence-corrected chi connectivity index (χ2v) is 16.4. The highest BCUT2D eigenvalue weighted by Gasteiger charge is 2.19. The Balaban J connectivity index is 4.62. The summed E-state index contributed by atoms with van der Waals surface area (Å²) in [6, 6.07) is 0. The molecule has 0 aromatic heterocycles. The predicted octanol–water partition coefficient (Wildman–Crippen LogP) is 17.3. The van der Waals surface area contributed by atoms with E-state index >= 15 is 0 Å². The first-order valence-corrected chi connectivity index (χ1v) is 25.9. The maximum atomic E-state index is 12.8. The van der Waals surface area contributed by atoms with Crippen LogP contribution in [0.15, 0.2) is 146 Å². The van der Waals surface area contributed by atoms with E-state index in [0.29, 0.717) is 12.8 Å². The quantitative estimate of drug-likeness (QED) is 0.0199. The Bertz CT molecular complexity index is 1510. The molecule has 0 aliphatic heterocycles. The van der Waals surface area contributed by atoms with Gasteiger partial charge in [-0.2, -0.15) is 0 Å². The summed E-state index contributed by atoms with van der Waals surface area (Å²) in [6.45, 7) is 6.21. The molecular formula is C60H92O6. The minimum absolute atomic E-state index is 0.148. The largest absolute Gasteiger partial charge is 0.462 e. The zero-order chi connectivity index (χ0) is 47.9. The van der Waals surface area contributed by atoms with Crippen molar-refractivity contribution in [3.8, 4) is 0 Å². The van der Waals surface area contributed by atoms with Crippen molar-refractivity contribution in [2.75, 3.05) is 13.2 Å². The molecule has 0 aliphatic carbocycles. The summed E-state index contributed by atoms with van der Waals surface area (Å²) in [5.74, 6) is -1.12. The molecule has 0 N–H and O–H groups in total. The van der Waals surface area contributed by atoms with Crippen molar-refractivity contribution < 1.29 is 28.6 Å². The summed E-state index contributed by atoms with van der Waals surface area (Å²) < 4.78 is 16.6. The van der Waals surface area contributed by atoms with E-state index in [4.69, 9.17) is 14.2 Å². The van der Waals surface area contributed by atoms with Crippen molar-refractivity contribution in [3.05, 3.63) is 146 Å². The average Bonchev–Trinajstić information content (AvgIpc) is 3.31. The number of hydrogen-bond acceptors (Lipinski definition) is 6. The predicted molar refractivity (Wildman–Crippen MR) is 283 cm³/mol. The zero-order valence-corrected chi connectivity index (χ0v) is 41.9. The number of allylic oxidation sites excluding steroid dienone is 24. The lowest BCUT2D eigenvalue weighted by atomic mass is 10.1. The van der Waals surface area contributed by atoms with E-state index in [9.17, 15) is 14.4 Å². The van der Waals surface area contributed by atoms with Gasteiger partial charge < -0.3 is 14.2 Å². The summed E-state index contributed by atoms with van der Waals surface area (Å²) in [5, 5.41) is 0. The maximum absolute atomic E-state index is 12.8.